The zero-order valence-corrected chi connectivity index (χ0v) is 20.2. The van der Waals surface area contributed by atoms with Crippen molar-refractivity contribution in [1.29, 1.82) is 0 Å². The first kappa shape index (κ1) is 25.8. The molecule has 1 heterocycles. The molecule has 2 radical (unpaired) electrons. The van der Waals surface area contributed by atoms with Crippen LogP contribution < -0.4 is 24.8 Å². The molecule has 26 heavy (non-hydrogen) atoms. The van der Waals surface area contributed by atoms with Crippen LogP contribution in [0, 0.1) is 13.0 Å². The first-order chi connectivity index (χ1) is 10.9. The monoisotopic (exact) mass is 454 g/mol. The van der Waals surface area contributed by atoms with Crippen LogP contribution in [0.2, 0.25) is 19.6 Å². The van der Waals surface area contributed by atoms with Crippen LogP contribution in [0.5, 0.6) is 0 Å². The number of benzene rings is 1. The summed E-state index contributed by atoms with van der Waals surface area (Å²) in [6.45, 7) is 11.1. The van der Waals surface area contributed by atoms with E-state index in [4.69, 9.17) is 4.43 Å². The molecule has 0 aromatic heterocycles. The van der Waals surface area contributed by atoms with Gasteiger partial charge in [-0.15, -0.1) is 39.6 Å². The van der Waals surface area contributed by atoms with Crippen molar-refractivity contribution in [1.82, 2.24) is 0 Å². The molecule has 2 aliphatic carbocycles. The summed E-state index contributed by atoms with van der Waals surface area (Å²) in [5.41, 5.74) is 4.53. The van der Waals surface area contributed by atoms with Gasteiger partial charge in [0.15, 0.2) is 14.1 Å². The fourth-order valence-electron chi connectivity index (χ4n) is 2.56. The molecule has 134 valence electrons. The minimum absolute atomic E-state index is 0. The third-order valence-corrected chi connectivity index (χ3v) is 5.95. The van der Waals surface area contributed by atoms with Crippen molar-refractivity contribution in [3.63, 3.8) is 0 Å². The van der Waals surface area contributed by atoms with Crippen LogP contribution >= 0.6 is 0 Å². The Labute approximate surface area is 187 Å². The summed E-state index contributed by atoms with van der Waals surface area (Å²) in [4.78, 5) is 11.6. The average molecular weight is 455 g/mol. The first-order valence-electron chi connectivity index (χ1n) is 7.85. The molecule has 0 atom stereocenters. The molecule has 2 nitrogen and oxygen atoms in total. The molecule has 0 fully saturated rings. The van der Waals surface area contributed by atoms with Gasteiger partial charge in [0.1, 0.15) is 0 Å². The summed E-state index contributed by atoms with van der Waals surface area (Å²) in [5.74, 6) is 0.209. The minimum Gasteiger partial charge on any atom is -1.00 e. The molecule has 3 aliphatic rings. The standard InChI is InChI=1S/C13H5OSi.C6H15OSi.2ClH.Ti/c14-11-6-9-8-4-2-1-3-7(8)5-10(9)12-13(11)15-12;1-5-6-7-8(2,3)4;;;/h1-4,6H;1,5-6H2,2-4H3;2*1H;/q2*-1;;;+4/p-2. The zero-order valence-electron chi connectivity index (χ0n) is 15.1. The van der Waals surface area contributed by atoms with Crippen molar-refractivity contribution < 1.29 is 55.8 Å². The van der Waals surface area contributed by atoms with E-state index in [1.807, 2.05) is 12.1 Å². The number of carbonyl (C=O) groups is 1. The number of fused-ring (bicyclic) bond motifs is 4. The Morgan fingerprint density at radius 2 is 1.81 bits per heavy atom. The van der Waals surface area contributed by atoms with Crippen molar-refractivity contribution in [2.24, 2.45) is 0 Å². The SMILES string of the molecule is O=C1C=C2C(=[C-]c3ccccc32)C2=C1[Si]2.[CH2-]CCO[Si](C)(C)C.[Cl-].[Cl-].[Ti+4]. The molecule has 4 rings (SSSR count). The van der Waals surface area contributed by atoms with E-state index in [2.05, 4.69) is 44.8 Å². The van der Waals surface area contributed by atoms with Gasteiger partial charge >= 0.3 is 21.7 Å². The van der Waals surface area contributed by atoms with Crippen LogP contribution in [0.25, 0.3) is 5.57 Å². The number of hydrogen-bond donors (Lipinski definition) is 0. The Bertz CT molecular complexity index is 765. The van der Waals surface area contributed by atoms with Gasteiger partial charge in [-0.2, -0.15) is 6.42 Å². The van der Waals surface area contributed by atoms with Crippen LogP contribution in [-0.2, 0) is 30.9 Å². The van der Waals surface area contributed by atoms with Gasteiger partial charge < -0.3 is 36.2 Å². The number of ketones is 1. The normalized spacial score (nSPS) is 15.5. The fraction of sp³-hybridized carbons (Fsp3) is 0.263. The summed E-state index contributed by atoms with van der Waals surface area (Å²) < 4.78 is 5.45. The second kappa shape index (κ2) is 10.4. The molecule has 0 saturated carbocycles. The Balaban J connectivity index is 0.000000506. The maximum absolute atomic E-state index is 11.6. The molecule has 1 aromatic carbocycles. The van der Waals surface area contributed by atoms with E-state index in [9.17, 15) is 4.79 Å². The molecule has 0 N–H and O–H groups in total. The molecule has 1 aliphatic heterocycles. The van der Waals surface area contributed by atoms with Crippen molar-refractivity contribution in [3.8, 4) is 0 Å². The van der Waals surface area contributed by atoms with Crippen LogP contribution in [0.3, 0.4) is 0 Å². The number of allylic oxidation sites excluding steroid dienone is 5. The van der Waals surface area contributed by atoms with Gasteiger partial charge in [-0.25, -0.2) is 0 Å². The van der Waals surface area contributed by atoms with Gasteiger partial charge in [-0.1, -0.05) is 23.4 Å². The van der Waals surface area contributed by atoms with E-state index >= 15 is 0 Å². The van der Waals surface area contributed by atoms with E-state index in [0.717, 1.165) is 34.9 Å². The van der Waals surface area contributed by atoms with Crippen molar-refractivity contribution in [3.05, 3.63) is 70.4 Å². The summed E-state index contributed by atoms with van der Waals surface area (Å²) >= 11 is 0. The Morgan fingerprint density at radius 3 is 2.38 bits per heavy atom. The molecule has 0 saturated heterocycles. The molecule has 1 aromatic rings. The van der Waals surface area contributed by atoms with E-state index < -0.39 is 8.32 Å². The molecule has 7 heteroatoms. The minimum atomic E-state index is -1.22. The number of halogens is 2. The third-order valence-electron chi connectivity index (χ3n) is 3.63. The number of hydrogen-bond acceptors (Lipinski definition) is 2. The molecule has 0 bridgehead atoms. The van der Waals surface area contributed by atoms with Crippen LogP contribution in [-0.4, -0.2) is 30.2 Å². The topological polar surface area (TPSA) is 26.3 Å². The Hall–Kier alpha value is -0.202. The van der Waals surface area contributed by atoms with Gasteiger partial charge in [0.2, 0.25) is 0 Å². The van der Waals surface area contributed by atoms with Crippen LogP contribution in [0.4, 0.5) is 0 Å². The van der Waals surface area contributed by atoms with Gasteiger partial charge in [0.05, 0.1) is 9.52 Å². The predicted octanol–water partition coefficient (Wildman–Crippen LogP) is -2.26. The fourth-order valence-corrected chi connectivity index (χ4v) is 4.27. The van der Waals surface area contributed by atoms with Crippen molar-refractivity contribution >= 4 is 29.2 Å². The van der Waals surface area contributed by atoms with Crippen LogP contribution in [0.1, 0.15) is 17.5 Å². The number of carbonyl (C=O) groups excluding carboxylic acids is 1. The Kier molecular flexibility index (Phi) is 10.3. The summed E-state index contributed by atoms with van der Waals surface area (Å²) in [7, 11) is -0.587. The number of rotatable bonds is 3. The van der Waals surface area contributed by atoms with Crippen LogP contribution in [0.15, 0.2) is 46.3 Å². The quantitative estimate of drug-likeness (QED) is 0.380. The average Bonchev–Trinajstić information content (AvgIpc) is 3.23. The molecule has 0 amide bonds. The van der Waals surface area contributed by atoms with E-state index in [1.165, 1.54) is 10.8 Å². The smallest absolute Gasteiger partial charge is 1.00 e. The van der Waals surface area contributed by atoms with Crippen molar-refractivity contribution in [2.75, 3.05) is 6.61 Å². The van der Waals surface area contributed by atoms with E-state index in [1.54, 1.807) is 6.08 Å². The van der Waals surface area contributed by atoms with E-state index in [0.29, 0.717) is 9.52 Å². The second-order valence-corrected chi connectivity index (χ2v) is 12.4. The molecule has 0 unspecified atom stereocenters. The zero-order chi connectivity index (χ0) is 16.6. The van der Waals surface area contributed by atoms with Gasteiger partial charge in [-0.3, -0.25) is 4.79 Å². The summed E-state index contributed by atoms with van der Waals surface area (Å²) in [6, 6.07) is 8.13. The van der Waals surface area contributed by atoms with E-state index in [-0.39, 0.29) is 52.3 Å². The second-order valence-electron chi connectivity index (χ2n) is 6.66. The molecular weight excluding hydrogens is 435 g/mol. The van der Waals surface area contributed by atoms with Gasteiger partial charge in [0.25, 0.3) is 0 Å². The predicted molar refractivity (Wildman–Crippen MR) is 97.3 cm³/mol. The Morgan fingerprint density at radius 1 is 1.15 bits per heavy atom. The van der Waals surface area contributed by atoms with Crippen molar-refractivity contribution in [2.45, 2.75) is 26.1 Å². The largest absolute Gasteiger partial charge is 4.00 e. The third kappa shape index (κ3) is 5.90. The maximum atomic E-state index is 11.6. The summed E-state index contributed by atoms with van der Waals surface area (Å²) in [6.07, 6.45) is 6.06. The first-order valence-corrected chi connectivity index (χ1v) is 12.3. The van der Waals surface area contributed by atoms with Gasteiger partial charge in [0, 0.05) is 6.61 Å². The maximum Gasteiger partial charge on any atom is 4.00 e. The summed E-state index contributed by atoms with van der Waals surface area (Å²) in [5, 5.41) is 2.27. The molecular formula is C19H20Cl2O2Si2Ti. The molecule has 0 spiro atoms. The van der Waals surface area contributed by atoms with Gasteiger partial charge in [-0.05, 0) is 25.7 Å².